The Hall–Kier alpha value is -3.05. The molecule has 5 heteroatoms. The van der Waals surface area contributed by atoms with Gasteiger partial charge in [-0.1, -0.05) is 80.2 Å². The Kier molecular flexibility index (Phi) is 7.47. The topological polar surface area (TPSA) is 60.0 Å². The second-order valence-corrected chi connectivity index (χ2v) is 7.82. The maximum Gasteiger partial charge on any atom is 0.180 e. The summed E-state index contributed by atoms with van der Waals surface area (Å²) in [5.41, 5.74) is 9.27. The molecule has 0 unspecified atom stereocenters. The highest BCUT2D eigenvalue weighted by Gasteiger charge is 2.04. The zero-order chi connectivity index (χ0) is 20.5. The van der Waals surface area contributed by atoms with Crippen LogP contribution in [0.1, 0.15) is 36.5 Å². The molecule has 0 atom stereocenters. The first kappa shape index (κ1) is 20.7. The minimum atomic E-state index is 0.424. The molecule has 3 aromatic carbocycles. The van der Waals surface area contributed by atoms with E-state index >= 15 is 0 Å². The lowest BCUT2D eigenvalue weighted by atomic mass is 10.0. The molecule has 0 saturated heterocycles. The minimum absolute atomic E-state index is 0.424. The van der Waals surface area contributed by atoms with Crippen molar-refractivity contribution in [3.8, 4) is 11.5 Å². The van der Waals surface area contributed by atoms with Crippen LogP contribution in [0.3, 0.4) is 0 Å². The molecular formula is C24H25N3OS. The van der Waals surface area contributed by atoms with Gasteiger partial charge in [0.05, 0.1) is 6.21 Å². The molecule has 0 amide bonds. The molecule has 148 valence electrons. The molecule has 0 heterocycles. The number of para-hydroxylation sites is 1. The Morgan fingerprint density at radius 3 is 2.38 bits per heavy atom. The summed E-state index contributed by atoms with van der Waals surface area (Å²) in [6.07, 6.45) is 1.66. The Morgan fingerprint density at radius 2 is 1.66 bits per heavy atom. The van der Waals surface area contributed by atoms with Crippen molar-refractivity contribution in [2.45, 2.75) is 25.5 Å². The van der Waals surface area contributed by atoms with Crippen molar-refractivity contribution in [3.05, 3.63) is 95.6 Å². The lowest BCUT2D eigenvalue weighted by Gasteiger charge is -2.10. The van der Waals surface area contributed by atoms with Crippen LogP contribution in [-0.4, -0.2) is 11.4 Å². The van der Waals surface area contributed by atoms with Crippen molar-refractivity contribution in [1.82, 2.24) is 0 Å². The number of rotatable bonds is 7. The summed E-state index contributed by atoms with van der Waals surface area (Å²) >= 11 is 1.46. The first-order chi connectivity index (χ1) is 14.1. The zero-order valence-electron chi connectivity index (χ0n) is 16.7. The second-order valence-electron chi connectivity index (χ2n) is 6.82. The number of nitrogens with zero attached hydrogens (tertiary/aromatic N) is 2. The van der Waals surface area contributed by atoms with E-state index in [2.05, 4.69) is 48.3 Å². The molecule has 0 spiro atoms. The molecule has 0 saturated carbocycles. The summed E-state index contributed by atoms with van der Waals surface area (Å²) in [6.45, 7) is 4.35. The average Bonchev–Trinajstić information content (AvgIpc) is 2.74. The van der Waals surface area contributed by atoms with Crippen LogP contribution in [0.5, 0.6) is 11.5 Å². The molecule has 0 aromatic heterocycles. The van der Waals surface area contributed by atoms with E-state index in [1.807, 2.05) is 54.6 Å². The van der Waals surface area contributed by atoms with Crippen molar-refractivity contribution in [1.29, 1.82) is 0 Å². The van der Waals surface area contributed by atoms with Crippen molar-refractivity contribution in [2.24, 2.45) is 15.9 Å². The Morgan fingerprint density at radius 1 is 0.966 bits per heavy atom. The number of ether oxygens (including phenoxy) is 1. The Balaban J connectivity index is 1.63. The van der Waals surface area contributed by atoms with Gasteiger partial charge in [0.2, 0.25) is 0 Å². The van der Waals surface area contributed by atoms with Crippen LogP contribution in [-0.2, 0) is 5.75 Å². The molecule has 29 heavy (non-hydrogen) atoms. The normalized spacial score (nSPS) is 11.9. The summed E-state index contributed by atoms with van der Waals surface area (Å²) in [5.74, 6) is 2.76. The zero-order valence-corrected chi connectivity index (χ0v) is 17.5. The first-order valence-corrected chi connectivity index (χ1v) is 10.5. The highest BCUT2D eigenvalue weighted by molar-refractivity contribution is 8.13. The van der Waals surface area contributed by atoms with E-state index in [4.69, 9.17) is 10.5 Å². The third-order valence-electron chi connectivity index (χ3n) is 4.28. The van der Waals surface area contributed by atoms with Gasteiger partial charge in [0.15, 0.2) is 5.17 Å². The molecule has 2 N–H and O–H groups in total. The Labute approximate surface area is 176 Å². The van der Waals surface area contributed by atoms with Crippen molar-refractivity contribution in [3.63, 3.8) is 0 Å². The average molecular weight is 404 g/mol. The van der Waals surface area contributed by atoms with Crippen LogP contribution < -0.4 is 10.5 Å². The Bertz CT molecular complexity index is 967. The van der Waals surface area contributed by atoms with Gasteiger partial charge >= 0.3 is 0 Å². The van der Waals surface area contributed by atoms with Gasteiger partial charge in [0.1, 0.15) is 11.5 Å². The summed E-state index contributed by atoms with van der Waals surface area (Å²) in [6, 6.07) is 26.0. The number of thioether (sulfide) groups is 1. The molecule has 0 aliphatic rings. The van der Waals surface area contributed by atoms with Crippen LogP contribution in [0.25, 0.3) is 0 Å². The third-order valence-corrected chi connectivity index (χ3v) is 5.13. The molecule has 0 aliphatic heterocycles. The van der Waals surface area contributed by atoms with Crippen LogP contribution in [0.4, 0.5) is 0 Å². The van der Waals surface area contributed by atoms with Gasteiger partial charge in [-0.05, 0) is 41.3 Å². The number of nitrogens with two attached hydrogens (primary N) is 1. The SMILES string of the molecule is CC(C)c1ccc(Oc2ccccc2C=NN=C(N)SCc2ccccc2)cc1. The first-order valence-electron chi connectivity index (χ1n) is 9.52. The van der Waals surface area contributed by atoms with E-state index in [-0.39, 0.29) is 0 Å². The summed E-state index contributed by atoms with van der Waals surface area (Å²) < 4.78 is 6.03. The van der Waals surface area contributed by atoms with Gasteiger partial charge in [-0.2, -0.15) is 5.10 Å². The fraction of sp³-hybridized carbons (Fsp3) is 0.167. The van der Waals surface area contributed by atoms with Gasteiger partial charge in [-0.15, -0.1) is 5.10 Å². The maximum atomic E-state index is 6.03. The molecule has 0 fully saturated rings. The van der Waals surface area contributed by atoms with E-state index in [0.29, 0.717) is 11.1 Å². The van der Waals surface area contributed by atoms with E-state index in [0.717, 1.165) is 22.8 Å². The van der Waals surface area contributed by atoms with Crippen LogP contribution in [0, 0.1) is 0 Å². The lowest BCUT2D eigenvalue weighted by molar-refractivity contribution is 0.481. The highest BCUT2D eigenvalue weighted by Crippen LogP contribution is 2.26. The molecule has 4 nitrogen and oxygen atoms in total. The molecule has 0 aliphatic carbocycles. The molecule has 3 aromatic rings. The molecular weight excluding hydrogens is 378 g/mol. The summed E-state index contributed by atoms with van der Waals surface area (Å²) in [7, 11) is 0. The largest absolute Gasteiger partial charge is 0.457 e. The monoisotopic (exact) mass is 403 g/mol. The van der Waals surface area contributed by atoms with Gasteiger partial charge < -0.3 is 10.5 Å². The minimum Gasteiger partial charge on any atom is -0.457 e. The van der Waals surface area contributed by atoms with Crippen molar-refractivity contribution < 1.29 is 4.74 Å². The van der Waals surface area contributed by atoms with Gasteiger partial charge in [0.25, 0.3) is 0 Å². The molecule has 0 radical (unpaired) electrons. The van der Waals surface area contributed by atoms with Crippen molar-refractivity contribution in [2.75, 3.05) is 0 Å². The lowest BCUT2D eigenvalue weighted by Crippen LogP contribution is -2.06. The standard InChI is InChI=1S/C24H25N3OS/c1-18(2)20-12-14-22(15-13-20)28-23-11-7-6-10-21(23)16-26-27-24(25)29-17-19-8-4-3-5-9-19/h3-16,18H,17H2,1-2H3,(H2,25,27). The van der Waals surface area contributed by atoms with E-state index in [1.54, 1.807) is 6.21 Å². The van der Waals surface area contributed by atoms with E-state index in [9.17, 15) is 0 Å². The fourth-order valence-corrected chi connectivity index (χ4v) is 3.25. The fourth-order valence-electron chi connectivity index (χ4n) is 2.64. The molecule has 0 bridgehead atoms. The van der Waals surface area contributed by atoms with Gasteiger partial charge in [0, 0.05) is 11.3 Å². The van der Waals surface area contributed by atoms with Gasteiger partial charge in [-0.3, -0.25) is 0 Å². The third kappa shape index (κ3) is 6.50. The quantitative estimate of drug-likeness (QED) is 0.291. The van der Waals surface area contributed by atoms with Crippen molar-refractivity contribution >= 4 is 23.1 Å². The smallest absolute Gasteiger partial charge is 0.180 e. The van der Waals surface area contributed by atoms with Crippen LogP contribution >= 0.6 is 11.8 Å². The summed E-state index contributed by atoms with van der Waals surface area (Å²) in [4.78, 5) is 0. The van der Waals surface area contributed by atoms with Crippen LogP contribution in [0.2, 0.25) is 0 Å². The number of hydrogen-bond acceptors (Lipinski definition) is 4. The number of amidine groups is 1. The number of benzene rings is 3. The van der Waals surface area contributed by atoms with Crippen LogP contribution in [0.15, 0.2) is 89.1 Å². The number of hydrogen-bond donors (Lipinski definition) is 1. The predicted octanol–water partition coefficient (Wildman–Crippen LogP) is 6.18. The van der Waals surface area contributed by atoms with Gasteiger partial charge in [-0.25, -0.2) is 0 Å². The molecule has 3 rings (SSSR count). The van der Waals surface area contributed by atoms with E-state index in [1.165, 1.54) is 22.9 Å². The predicted molar refractivity (Wildman–Crippen MR) is 124 cm³/mol. The summed E-state index contributed by atoms with van der Waals surface area (Å²) in [5, 5.41) is 8.64. The second kappa shape index (κ2) is 10.5. The van der Waals surface area contributed by atoms with E-state index < -0.39 is 0 Å². The highest BCUT2D eigenvalue weighted by atomic mass is 32.2. The maximum absolute atomic E-state index is 6.03.